The van der Waals surface area contributed by atoms with Crippen molar-refractivity contribution in [1.29, 1.82) is 0 Å². The maximum absolute atomic E-state index is 6.03. The average molecular weight is 290 g/mol. The smallest absolute Gasteiger partial charge is 0.125 e. The third-order valence-corrected chi connectivity index (χ3v) is 3.43. The first-order chi connectivity index (χ1) is 9.60. The Bertz CT molecular complexity index is 555. The van der Waals surface area contributed by atoms with Crippen LogP contribution in [-0.2, 0) is 13.2 Å². The van der Waals surface area contributed by atoms with Crippen molar-refractivity contribution in [3.63, 3.8) is 0 Å². The number of nitrogens with one attached hydrogen (secondary N) is 1. The van der Waals surface area contributed by atoms with E-state index in [1.165, 1.54) is 11.1 Å². The maximum Gasteiger partial charge on any atom is 0.125 e. The molecule has 0 aromatic heterocycles. The number of ether oxygens (including phenoxy) is 1. The molecular weight excluding hydrogens is 270 g/mol. The minimum atomic E-state index is 0.573. The van der Waals surface area contributed by atoms with Crippen molar-refractivity contribution >= 4 is 11.6 Å². The highest BCUT2D eigenvalue weighted by Gasteiger charge is 2.06. The predicted octanol–water partition coefficient (Wildman–Crippen LogP) is 4.26. The Hall–Kier alpha value is -1.51. The predicted molar refractivity (Wildman–Crippen MR) is 84.5 cm³/mol. The van der Waals surface area contributed by atoms with E-state index in [9.17, 15) is 0 Å². The molecule has 0 bridgehead atoms. The zero-order valence-corrected chi connectivity index (χ0v) is 12.9. The normalized spacial score (nSPS) is 10.6. The first kappa shape index (κ1) is 14.9. The lowest BCUT2D eigenvalue weighted by atomic mass is 10.1. The van der Waals surface area contributed by atoms with Crippen molar-refractivity contribution < 1.29 is 4.74 Å². The molecule has 3 heteroatoms. The lowest BCUT2D eigenvalue weighted by Gasteiger charge is -2.13. The van der Waals surface area contributed by atoms with Gasteiger partial charge in [0, 0.05) is 11.6 Å². The molecule has 2 rings (SSSR count). The van der Waals surface area contributed by atoms with Gasteiger partial charge >= 0.3 is 0 Å². The van der Waals surface area contributed by atoms with E-state index >= 15 is 0 Å². The number of hydrogen-bond donors (Lipinski definition) is 1. The van der Waals surface area contributed by atoms with Crippen molar-refractivity contribution in [3.8, 4) is 5.75 Å². The molecule has 0 aliphatic heterocycles. The van der Waals surface area contributed by atoms with Gasteiger partial charge in [-0.1, -0.05) is 35.9 Å². The fourth-order valence-electron chi connectivity index (χ4n) is 2.24. The highest BCUT2D eigenvalue weighted by molar-refractivity contribution is 6.30. The maximum atomic E-state index is 6.03. The molecule has 0 aliphatic rings. The van der Waals surface area contributed by atoms with Crippen LogP contribution in [0.25, 0.3) is 0 Å². The number of aryl methyl sites for hydroxylation is 2. The number of halogens is 1. The Balaban J connectivity index is 2.05. The zero-order chi connectivity index (χ0) is 14.5. The second-order valence-corrected chi connectivity index (χ2v) is 5.44. The second-order valence-electron chi connectivity index (χ2n) is 5.00. The average Bonchev–Trinajstić information content (AvgIpc) is 2.39. The summed E-state index contributed by atoms with van der Waals surface area (Å²) in [6.07, 6.45) is 0. The fourth-order valence-corrected chi connectivity index (χ4v) is 2.57. The summed E-state index contributed by atoms with van der Waals surface area (Å²) in [5.41, 5.74) is 4.58. The van der Waals surface area contributed by atoms with E-state index in [1.54, 1.807) is 0 Å². The molecule has 2 aromatic carbocycles. The second kappa shape index (κ2) is 6.78. The Morgan fingerprint density at radius 3 is 2.10 bits per heavy atom. The van der Waals surface area contributed by atoms with Gasteiger partial charge in [-0.3, -0.25) is 0 Å². The van der Waals surface area contributed by atoms with Gasteiger partial charge in [-0.25, -0.2) is 0 Å². The number of rotatable bonds is 5. The van der Waals surface area contributed by atoms with Gasteiger partial charge in [0.25, 0.3) is 0 Å². The molecule has 0 unspecified atom stereocenters. The van der Waals surface area contributed by atoms with E-state index < -0.39 is 0 Å². The highest BCUT2D eigenvalue weighted by atomic mass is 35.5. The van der Waals surface area contributed by atoms with E-state index in [0.29, 0.717) is 6.61 Å². The Morgan fingerprint density at radius 2 is 1.55 bits per heavy atom. The molecule has 106 valence electrons. The molecule has 2 aromatic rings. The van der Waals surface area contributed by atoms with Gasteiger partial charge in [0.05, 0.1) is 0 Å². The van der Waals surface area contributed by atoms with Crippen LogP contribution in [0.1, 0.15) is 22.3 Å². The van der Waals surface area contributed by atoms with Gasteiger partial charge in [-0.2, -0.15) is 0 Å². The first-order valence-corrected chi connectivity index (χ1v) is 7.10. The summed E-state index contributed by atoms with van der Waals surface area (Å²) in [5, 5.41) is 3.89. The summed E-state index contributed by atoms with van der Waals surface area (Å²) in [6.45, 7) is 5.49. The highest BCUT2D eigenvalue weighted by Crippen LogP contribution is 2.27. The van der Waals surface area contributed by atoms with Gasteiger partial charge in [-0.05, 0) is 55.3 Å². The van der Waals surface area contributed by atoms with Crippen LogP contribution < -0.4 is 10.1 Å². The summed E-state index contributed by atoms with van der Waals surface area (Å²) in [4.78, 5) is 0. The summed E-state index contributed by atoms with van der Waals surface area (Å²) < 4.78 is 5.93. The molecule has 2 nitrogen and oxygen atoms in total. The zero-order valence-electron chi connectivity index (χ0n) is 12.2. The van der Waals surface area contributed by atoms with Crippen LogP contribution in [0.3, 0.4) is 0 Å². The van der Waals surface area contributed by atoms with E-state index in [-0.39, 0.29) is 0 Å². The Kier molecular flexibility index (Phi) is 5.05. The van der Waals surface area contributed by atoms with Crippen LogP contribution in [0, 0.1) is 13.8 Å². The van der Waals surface area contributed by atoms with Gasteiger partial charge in [0.2, 0.25) is 0 Å². The quantitative estimate of drug-likeness (QED) is 0.888. The molecule has 0 aliphatic carbocycles. The number of benzene rings is 2. The molecule has 20 heavy (non-hydrogen) atoms. The van der Waals surface area contributed by atoms with Crippen LogP contribution in [0.2, 0.25) is 5.02 Å². The molecule has 0 amide bonds. The minimum absolute atomic E-state index is 0.573. The monoisotopic (exact) mass is 289 g/mol. The van der Waals surface area contributed by atoms with Crippen LogP contribution in [0.15, 0.2) is 36.4 Å². The molecule has 0 fully saturated rings. The number of hydrogen-bond acceptors (Lipinski definition) is 2. The lowest BCUT2D eigenvalue weighted by molar-refractivity contribution is 0.302. The first-order valence-electron chi connectivity index (χ1n) is 6.72. The third kappa shape index (κ3) is 3.75. The largest absolute Gasteiger partial charge is 0.488 e. The molecule has 0 spiro atoms. The van der Waals surface area contributed by atoms with E-state index in [1.807, 2.05) is 33.0 Å². The third-order valence-electron chi connectivity index (χ3n) is 3.21. The molecule has 0 heterocycles. The molecule has 0 saturated heterocycles. The Labute approximate surface area is 125 Å². The van der Waals surface area contributed by atoms with E-state index in [0.717, 1.165) is 28.4 Å². The van der Waals surface area contributed by atoms with Crippen LogP contribution in [0.4, 0.5) is 0 Å². The fraction of sp³-hybridized carbons (Fsp3) is 0.294. The summed E-state index contributed by atoms with van der Waals surface area (Å²) in [6, 6.07) is 12.3. The molecule has 0 saturated carbocycles. The van der Waals surface area contributed by atoms with Crippen molar-refractivity contribution in [2.24, 2.45) is 0 Å². The standard InChI is InChI=1S/C17H20ClNO/c1-12-8-16(18)9-13(2)17(12)20-11-15-6-4-14(5-7-15)10-19-3/h4-9,19H,10-11H2,1-3H3. The van der Waals surface area contributed by atoms with E-state index in [4.69, 9.17) is 16.3 Å². The summed E-state index contributed by atoms with van der Waals surface area (Å²) >= 11 is 6.03. The Morgan fingerprint density at radius 1 is 1.00 bits per heavy atom. The molecule has 1 N–H and O–H groups in total. The van der Waals surface area contributed by atoms with Crippen LogP contribution in [0.5, 0.6) is 5.75 Å². The van der Waals surface area contributed by atoms with Crippen molar-refractivity contribution in [2.45, 2.75) is 27.0 Å². The van der Waals surface area contributed by atoms with Crippen molar-refractivity contribution in [2.75, 3.05) is 7.05 Å². The van der Waals surface area contributed by atoms with Crippen LogP contribution >= 0.6 is 11.6 Å². The minimum Gasteiger partial charge on any atom is -0.488 e. The summed E-state index contributed by atoms with van der Waals surface area (Å²) in [5.74, 6) is 0.925. The van der Waals surface area contributed by atoms with Gasteiger partial charge in [-0.15, -0.1) is 0 Å². The van der Waals surface area contributed by atoms with Crippen molar-refractivity contribution in [1.82, 2.24) is 5.32 Å². The molecular formula is C17H20ClNO. The SMILES string of the molecule is CNCc1ccc(COc2c(C)cc(Cl)cc2C)cc1. The van der Waals surface area contributed by atoms with Gasteiger partial charge in [0.15, 0.2) is 0 Å². The van der Waals surface area contributed by atoms with Crippen molar-refractivity contribution in [3.05, 3.63) is 63.7 Å². The summed E-state index contributed by atoms with van der Waals surface area (Å²) in [7, 11) is 1.95. The van der Waals surface area contributed by atoms with Crippen LogP contribution in [-0.4, -0.2) is 7.05 Å². The topological polar surface area (TPSA) is 21.3 Å². The lowest BCUT2D eigenvalue weighted by Crippen LogP contribution is -2.05. The van der Waals surface area contributed by atoms with E-state index in [2.05, 4.69) is 29.6 Å². The van der Waals surface area contributed by atoms with Gasteiger partial charge in [0.1, 0.15) is 12.4 Å². The van der Waals surface area contributed by atoms with Gasteiger partial charge < -0.3 is 10.1 Å². The molecule has 0 radical (unpaired) electrons. The molecule has 0 atom stereocenters.